The molecule has 0 spiro atoms. The molecular formula is C21H25N5O3S. The van der Waals surface area contributed by atoms with E-state index in [1.165, 1.54) is 41.9 Å². The molecule has 2 aromatic carbocycles. The van der Waals surface area contributed by atoms with Gasteiger partial charge < -0.3 is 5.32 Å². The second kappa shape index (κ2) is 9.19. The molecule has 0 atom stereocenters. The smallest absolute Gasteiger partial charge is 0.251 e. The SMILES string of the molecule is CC(C)N(C)S(=O)(=O)c1ccc(C(=O)NCc2ccc(Cn3cncn3)cc2)cc1. The van der Waals surface area contributed by atoms with Crippen LogP contribution in [0.5, 0.6) is 0 Å². The lowest BCUT2D eigenvalue weighted by Crippen LogP contribution is -2.33. The number of hydrogen-bond donors (Lipinski definition) is 1. The van der Waals surface area contributed by atoms with Crippen LogP contribution in [-0.2, 0) is 23.1 Å². The topological polar surface area (TPSA) is 97.2 Å². The maximum atomic E-state index is 12.5. The van der Waals surface area contributed by atoms with Crippen LogP contribution in [0, 0.1) is 0 Å². The average Bonchev–Trinajstić information content (AvgIpc) is 3.25. The lowest BCUT2D eigenvalue weighted by molar-refractivity contribution is 0.0951. The van der Waals surface area contributed by atoms with Crippen molar-refractivity contribution in [2.24, 2.45) is 0 Å². The molecule has 1 heterocycles. The Morgan fingerprint density at radius 3 is 2.27 bits per heavy atom. The van der Waals surface area contributed by atoms with E-state index < -0.39 is 10.0 Å². The van der Waals surface area contributed by atoms with Gasteiger partial charge >= 0.3 is 0 Å². The fourth-order valence-electron chi connectivity index (χ4n) is 2.77. The Kier molecular flexibility index (Phi) is 6.63. The third-order valence-corrected chi connectivity index (χ3v) is 6.86. The number of carbonyl (C=O) groups is 1. The summed E-state index contributed by atoms with van der Waals surface area (Å²) in [5.41, 5.74) is 2.45. The fourth-order valence-corrected chi connectivity index (χ4v) is 4.14. The zero-order valence-corrected chi connectivity index (χ0v) is 18.0. The van der Waals surface area contributed by atoms with Crippen molar-refractivity contribution in [2.75, 3.05) is 7.05 Å². The zero-order chi connectivity index (χ0) is 21.7. The molecule has 0 aliphatic heterocycles. The molecule has 0 aliphatic carbocycles. The predicted octanol–water partition coefficient (Wildman–Crippen LogP) is 2.29. The summed E-state index contributed by atoms with van der Waals surface area (Å²) in [5, 5.41) is 6.93. The normalized spacial score (nSPS) is 11.8. The molecule has 1 N–H and O–H groups in total. The van der Waals surface area contributed by atoms with Crippen molar-refractivity contribution < 1.29 is 13.2 Å². The van der Waals surface area contributed by atoms with E-state index in [1.54, 1.807) is 24.9 Å². The quantitative estimate of drug-likeness (QED) is 0.595. The molecule has 0 bridgehead atoms. The number of nitrogens with one attached hydrogen (secondary N) is 1. The highest BCUT2D eigenvalue weighted by Crippen LogP contribution is 2.17. The van der Waals surface area contributed by atoms with Gasteiger partial charge in [-0.2, -0.15) is 9.40 Å². The molecule has 0 unspecified atom stereocenters. The number of benzene rings is 2. The Hall–Kier alpha value is -3.04. The van der Waals surface area contributed by atoms with E-state index >= 15 is 0 Å². The molecule has 1 amide bonds. The molecular weight excluding hydrogens is 402 g/mol. The van der Waals surface area contributed by atoms with Crippen molar-refractivity contribution in [1.82, 2.24) is 24.4 Å². The molecule has 8 nitrogen and oxygen atoms in total. The van der Waals surface area contributed by atoms with E-state index in [1.807, 2.05) is 24.3 Å². The third-order valence-electron chi connectivity index (χ3n) is 4.81. The minimum atomic E-state index is -3.57. The van der Waals surface area contributed by atoms with Crippen molar-refractivity contribution in [2.45, 2.75) is 37.9 Å². The summed E-state index contributed by atoms with van der Waals surface area (Å²) in [5.74, 6) is -0.261. The lowest BCUT2D eigenvalue weighted by Gasteiger charge is -2.21. The highest BCUT2D eigenvalue weighted by atomic mass is 32.2. The number of hydrogen-bond acceptors (Lipinski definition) is 5. The van der Waals surface area contributed by atoms with Gasteiger partial charge in [0.05, 0.1) is 11.4 Å². The van der Waals surface area contributed by atoms with E-state index in [2.05, 4.69) is 15.4 Å². The molecule has 3 rings (SSSR count). The van der Waals surface area contributed by atoms with E-state index in [0.29, 0.717) is 18.7 Å². The van der Waals surface area contributed by atoms with Crippen LogP contribution in [0.3, 0.4) is 0 Å². The predicted molar refractivity (Wildman–Crippen MR) is 113 cm³/mol. The molecule has 0 aliphatic rings. The molecule has 0 radical (unpaired) electrons. The number of rotatable bonds is 8. The van der Waals surface area contributed by atoms with Crippen molar-refractivity contribution in [3.8, 4) is 0 Å². The Bertz CT molecular complexity index is 1080. The van der Waals surface area contributed by atoms with Crippen molar-refractivity contribution in [3.63, 3.8) is 0 Å². The Labute approximate surface area is 176 Å². The molecule has 3 aromatic rings. The number of aromatic nitrogens is 3. The van der Waals surface area contributed by atoms with Crippen LogP contribution < -0.4 is 5.32 Å². The minimum absolute atomic E-state index is 0.152. The Morgan fingerprint density at radius 1 is 1.07 bits per heavy atom. The molecule has 0 saturated carbocycles. The molecule has 1 aromatic heterocycles. The van der Waals surface area contributed by atoms with Crippen LogP contribution in [-0.4, -0.2) is 46.5 Å². The summed E-state index contributed by atoms with van der Waals surface area (Å²) in [7, 11) is -2.03. The largest absolute Gasteiger partial charge is 0.348 e. The van der Waals surface area contributed by atoms with Crippen LogP contribution in [0.1, 0.15) is 35.3 Å². The second-order valence-electron chi connectivity index (χ2n) is 7.23. The first kappa shape index (κ1) is 21.7. The second-order valence-corrected chi connectivity index (χ2v) is 9.23. The summed E-state index contributed by atoms with van der Waals surface area (Å²) in [6.07, 6.45) is 3.15. The van der Waals surface area contributed by atoms with Gasteiger partial charge in [0.15, 0.2) is 0 Å². The molecule has 30 heavy (non-hydrogen) atoms. The summed E-state index contributed by atoms with van der Waals surface area (Å²) in [6, 6.07) is 13.7. The van der Waals surface area contributed by atoms with Crippen LogP contribution in [0.2, 0.25) is 0 Å². The van der Waals surface area contributed by atoms with Gasteiger partial charge in [-0.25, -0.2) is 18.1 Å². The van der Waals surface area contributed by atoms with Crippen LogP contribution in [0.4, 0.5) is 0 Å². The summed E-state index contributed by atoms with van der Waals surface area (Å²) < 4.78 is 28.1. The standard InChI is InChI=1S/C21H25N5O3S/c1-16(2)25(3)30(28,29)20-10-8-19(9-11-20)21(27)23-12-17-4-6-18(7-5-17)13-26-15-22-14-24-26/h4-11,14-16H,12-13H2,1-3H3,(H,23,27). The van der Waals surface area contributed by atoms with Gasteiger partial charge in [-0.1, -0.05) is 24.3 Å². The van der Waals surface area contributed by atoms with Crippen LogP contribution in [0.15, 0.2) is 66.1 Å². The fraction of sp³-hybridized carbons (Fsp3) is 0.286. The lowest BCUT2D eigenvalue weighted by atomic mass is 10.1. The van der Waals surface area contributed by atoms with Gasteiger partial charge in [0.25, 0.3) is 5.91 Å². The highest BCUT2D eigenvalue weighted by molar-refractivity contribution is 7.89. The third kappa shape index (κ3) is 5.11. The van der Waals surface area contributed by atoms with Gasteiger partial charge in [-0.3, -0.25) is 4.79 Å². The summed E-state index contributed by atoms with van der Waals surface area (Å²) in [6.45, 7) is 4.62. The summed E-state index contributed by atoms with van der Waals surface area (Å²) >= 11 is 0. The number of sulfonamides is 1. The van der Waals surface area contributed by atoms with Crippen molar-refractivity contribution in [3.05, 3.63) is 77.9 Å². The summed E-state index contributed by atoms with van der Waals surface area (Å²) in [4.78, 5) is 16.5. The minimum Gasteiger partial charge on any atom is -0.348 e. The average molecular weight is 428 g/mol. The zero-order valence-electron chi connectivity index (χ0n) is 17.2. The van der Waals surface area contributed by atoms with Gasteiger partial charge in [-0.15, -0.1) is 0 Å². The van der Waals surface area contributed by atoms with E-state index in [4.69, 9.17) is 0 Å². The Morgan fingerprint density at radius 2 is 1.70 bits per heavy atom. The maximum absolute atomic E-state index is 12.5. The van der Waals surface area contributed by atoms with Gasteiger partial charge in [0, 0.05) is 25.2 Å². The van der Waals surface area contributed by atoms with Crippen LogP contribution in [0.25, 0.3) is 0 Å². The number of carbonyl (C=O) groups excluding carboxylic acids is 1. The molecule has 9 heteroatoms. The van der Waals surface area contributed by atoms with Gasteiger partial charge in [0.1, 0.15) is 12.7 Å². The van der Waals surface area contributed by atoms with Crippen LogP contribution >= 0.6 is 0 Å². The number of amides is 1. The van der Waals surface area contributed by atoms with Gasteiger partial charge in [0.2, 0.25) is 10.0 Å². The first-order valence-electron chi connectivity index (χ1n) is 9.54. The number of nitrogens with zero attached hydrogens (tertiary/aromatic N) is 4. The first-order chi connectivity index (χ1) is 14.3. The van der Waals surface area contributed by atoms with Gasteiger partial charge in [-0.05, 0) is 49.2 Å². The van der Waals surface area contributed by atoms with E-state index in [0.717, 1.165) is 11.1 Å². The first-order valence-corrected chi connectivity index (χ1v) is 11.0. The van der Waals surface area contributed by atoms with E-state index in [-0.39, 0.29) is 16.8 Å². The molecule has 0 saturated heterocycles. The highest BCUT2D eigenvalue weighted by Gasteiger charge is 2.23. The Balaban J connectivity index is 1.58. The van der Waals surface area contributed by atoms with E-state index in [9.17, 15) is 13.2 Å². The molecule has 158 valence electrons. The molecule has 0 fully saturated rings. The monoisotopic (exact) mass is 427 g/mol. The van der Waals surface area contributed by atoms with Crippen molar-refractivity contribution >= 4 is 15.9 Å². The van der Waals surface area contributed by atoms with Crippen molar-refractivity contribution in [1.29, 1.82) is 0 Å². The maximum Gasteiger partial charge on any atom is 0.251 e.